The van der Waals surface area contributed by atoms with Gasteiger partial charge in [-0.15, -0.1) is 11.3 Å². The third kappa shape index (κ3) is 4.24. The third-order valence-electron chi connectivity index (χ3n) is 3.40. The van der Waals surface area contributed by atoms with Gasteiger partial charge in [-0.2, -0.15) is 0 Å². The third-order valence-corrected chi connectivity index (χ3v) is 4.53. The van der Waals surface area contributed by atoms with Gasteiger partial charge in [-0.3, -0.25) is 4.90 Å². The van der Waals surface area contributed by atoms with Crippen LogP contribution in [0.25, 0.3) is 0 Å². The Morgan fingerprint density at radius 3 is 2.74 bits per heavy atom. The first-order valence-corrected chi connectivity index (χ1v) is 7.95. The molecule has 2 heterocycles. The van der Waals surface area contributed by atoms with Crippen LogP contribution in [0.15, 0.2) is 0 Å². The van der Waals surface area contributed by atoms with Gasteiger partial charge in [0.25, 0.3) is 0 Å². The molecule has 2 rings (SSSR count). The zero-order valence-electron chi connectivity index (χ0n) is 12.2. The van der Waals surface area contributed by atoms with Crippen molar-refractivity contribution in [3.05, 3.63) is 15.6 Å². The van der Waals surface area contributed by atoms with Gasteiger partial charge in [-0.05, 0) is 13.0 Å². The molecule has 0 radical (unpaired) electrons. The molecule has 1 fully saturated rings. The van der Waals surface area contributed by atoms with E-state index in [1.54, 1.807) is 0 Å². The lowest BCUT2D eigenvalue weighted by atomic mass is 10.1. The summed E-state index contributed by atoms with van der Waals surface area (Å²) in [5, 5.41) is 4.52. The highest BCUT2D eigenvalue weighted by Crippen LogP contribution is 2.25. The Bertz CT molecular complexity index is 386. The fourth-order valence-corrected chi connectivity index (χ4v) is 3.56. The van der Waals surface area contributed by atoms with Crippen LogP contribution in [0.2, 0.25) is 0 Å². The summed E-state index contributed by atoms with van der Waals surface area (Å²) in [5.41, 5.74) is 1.27. The lowest BCUT2D eigenvalue weighted by Crippen LogP contribution is -2.37. The van der Waals surface area contributed by atoms with Gasteiger partial charge in [0, 0.05) is 37.5 Å². The molecule has 0 atom stereocenters. The quantitative estimate of drug-likeness (QED) is 0.865. The molecular weight excluding hydrogens is 258 g/mol. The fourth-order valence-electron chi connectivity index (χ4n) is 2.34. The molecule has 0 unspecified atom stereocenters. The van der Waals surface area contributed by atoms with Crippen molar-refractivity contribution in [3.8, 4) is 0 Å². The maximum atomic E-state index is 5.38. The van der Waals surface area contributed by atoms with Crippen molar-refractivity contribution in [3.63, 3.8) is 0 Å². The van der Waals surface area contributed by atoms with E-state index in [4.69, 9.17) is 9.72 Å². The summed E-state index contributed by atoms with van der Waals surface area (Å²) >= 11 is 1.87. The molecule has 1 saturated heterocycles. The zero-order chi connectivity index (χ0) is 13.7. The van der Waals surface area contributed by atoms with Gasteiger partial charge < -0.3 is 10.1 Å². The largest absolute Gasteiger partial charge is 0.379 e. The first-order valence-electron chi connectivity index (χ1n) is 7.14. The van der Waals surface area contributed by atoms with Gasteiger partial charge in [0.2, 0.25) is 0 Å². The summed E-state index contributed by atoms with van der Waals surface area (Å²) < 4.78 is 5.38. The van der Waals surface area contributed by atoms with Gasteiger partial charge >= 0.3 is 0 Å². The first kappa shape index (κ1) is 14.9. The number of thiazole rings is 1. The molecule has 0 saturated carbocycles. The van der Waals surface area contributed by atoms with E-state index in [1.807, 2.05) is 18.4 Å². The second-order valence-electron chi connectivity index (χ2n) is 5.31. The molecule has 1 N–H and O–H groups in total. The van der Waals surface area contributed by atoms with Crippen LogP contribution in [-0.4, -0.2) is 49.8 Å². The molecule has 0 aliphatic carbocycles. The molecular formula is C14H25N3OS. The highest BCUT2D eigenvalue weighted by atomic mass is 32.1. The Balaban J connectivity index is 1.93. The first-order chi connectivity index (χ1) is 9.20. The number of nitrogens with zero attached hydrogens (tertiary/aromatic N) is 2. The van der Waals surface area contributed by atoms with Crippen LogP contribution in [0.1, 0.15) is 35.3 Å². The topological polar surface area (TPSA) is 37.4 Å². The summed E-state index contributed by atoms with van der Waals surface area (Å²) in [6.07, 6.45) is 1.06. The number of aromatic nitrogens is 1. The van der Waals surface area contributed by atoms with Crippen molar-refractivity contribution in [2.24, 2.45) is 0 Å². The van der Waals surface area contributed by atoms with Gasteiger partial charge in [-0.1, -0.05) is 13.8 Å². The minimum Gasteiger partial charge on any atom is -0.379 e. The van der Waals surface area contributed by atoms with Crippen LogP contribution in [0, 0.1) is 0 Å². The maximum Gasteiger partial charge on any atom is 0.0944 e. The van der Waals surface area contributed by atoms with Gasteiger partial charge in [0.15, 0.2) is 0 Å². The smallest absolute Gasteiger partial charge is 0.0944 e. The lowest BCUT2D eigenvalue weighted by Gasteiger charge is -2.26. The Morgan fingerprint density at radius 1 is 1.37 bits per heavy atom. The van der Waals surface area contributed by atoms with Crippen LogP contribution in [0.5, 0.6) is 0 Å². The maximum absolute atomic E-state index is 5.38. The lowest BCUT2D eigenvalue weighted by molar-refractivity contribution is 0.0384. The number of rotatable bonds is 6. The molecule has 0 bridgehead atoms. The van der Waals surface area contributed by atoms with E-state index in [0.717, 1.165) is 45.8 Å². The van der Waals surface area contributed by atoms with Crippen LogP contribution >= 0.6 is 11.3 Å². The van der Waals surface area contributed by atoms with Crippen LogP contribution in [0.3, 0.4) is 0 Å². The normalized spacial score (nSPS) is 17.3. The second kappa shape index (κ2) is 7.33. The van der Waals surface area contributed by atoms with Crippen molar-refractivity contribution >= 4 is 11.3 Å². The van der Waals surface area contributed by atoms with E-state index >= 15 is 0 Å². The molecule has 5 heteroatoms. The molecule has 0 aromatic carbocycles. The monoisotopic (exact) mass is 283 g/mol. The summed E-state index contributed by atoms with van der Waals surface area (Å²) in [4.78, 5) is 8.70. The predicted molar refractivity (Wildman–Crippen MR) is 79.9 cm³/mol. The minimum absolute atomic E-state index is 0.511. The van der Waals surface area contributed by atoms with Crippen molar-refractivity contribution in [1.29, 1.82) is 0 Å². The van der Waals surface area contributed by atoms with E-state index in [9.17, 15) is 0 Å². The second-order valence-corrected chi connectivity index (χ2v) is 6.47. The number of hydrogen-bond acceptors (Lipinski definition) is 5. The SMILES string of the molecule is CNCc1sc(CCN2CCOCC2)nc1C(C)C. The zero-order valence-corrected chi connectivity index (χ0v) is 13.1. The van der Waals surface area contributed by atoms with Crippen molar-refractivity contribution in [2.45, 2.75) is 32.7 Å². The van der Waals surface area contributed by atoms with E-state index in [0.29, 0.717) is 5.92 Å². The summed E-state index contributed by atoms with van der Waals surface area (Å²) in [6, 6.07) is 0. The highest BCUT2D eigenvalue weighted by molar-refractivity contribution is 7.11. The van der Waals surface area contributed by atoms with Crippen molar-refractivity contribution in [2.75, 3.05) is 39.9 Å². The van der Waals surface area contributed by atoms with Crippen molar-refractivity contribution < 1.29 is 4.74 Å². The van der Waals surface area contributed by atoms with E-state index < -0.39 is 0 Å². The summed E-state index contributed by atoms with van der Waals surface area (Å²) in [5.74, 6) is 0.511. The average Bonchev–Trinajstić information content (AvgIpc) is 2.81. The van der Waals surface area contributed by atoms with Crippen LogP contribution in [0.4, 0.5) is 0 Å². The Kier molecular flexibility index (Phi) is 5.76. The highest BCUT2D eigenvalue weighted by Gasteiger charge is 2.15. The Labute approximate surface area is 120 Å². The van der Waals surface area contributed by atoms with E-state index in [2.05, 4.69) is 24.1 Å². The van der Waals surface area contributed by atoms with Crippen LogP contribution < -0.4 is 5.32 Å². The number of ether oxygens (including phenoxy) is 1. The Hall–Kier alpha value is -0.490. The molecule has 1 aliphatic rings. The summed E-state index contributed by atoms with van der Waals surface area (Å²) in [6.45, 7) is 10.4. The molecule has 1 aliphatic heterocycles. The molecule has 1 aromatic rings. The number of hydrogen-bond donors (Lipinski definition) is 1. The van der Waals surface area contributed by atoms with Gasteiger partial charge in [-0.25, -0.2) is 4.98 Å². The van der Waals surface area contributed by atoms with Gasteiger partial charge in [0.05, 0.1) is 23.9 Å². The standard InChI is InChI=1S/C14H25N3OS/c1-11(2)14-12(10-15-3)19-13(16-14)4-5-17-6-8-18-9-7-17/h11,15H,4-10H2,1-3H3. The summed E-state index contributed by atoms with van der Waals surface area (Å²) in [7, 11) is 2.00. The minimum atomic E-state index is 0.511. The van der Waals surface area contributed by atoms with Gasteiger partial charge in [0.1, 0.15) is 0 Å². The number of nitrogens with one attached hydrogen (secondary N) is 1. The molecule has 1 aromatic heterocycles. The Morgan fingerprint density at radius 2 is 2.11 bits per heavy atom. The molecule has 108 valence electrons. The molecule has 4 nitrogen and oxygen atoms in total. The molecule has 0 spiro atoms. The van der Waals surface area contributed by atoms with E-state index in [1.165, 1.54) is 15.6 Å². The van der Waals surface area contributed by atoms with E-state index in [-0.39, 0.29) is 0 Å². The van der Waals surface area contributed by atoms with Crippen molar-refractivity contribution in [1.82, 2.24) is 15.2 Å². The fraction of sp³-hybridized carbons (Fsp3) is 0.786. The predicted octanol–water partition coefficient (Wildman–Crippen LogP) is 1.86. The average molecular weight is 283 g/mol. The molecule has 0 amide bonds. The van der Waals surface area contributed by atoms with Crippen LogP contribution in [-0.2, 0) is 17.7 Å². The number of morpholine rings is 1. The molecule has 19 heavy (non-hydrogen) atoms.